The van der Waals surface area contributed by atoms with Crippen LogP contribution in [-0.2, 0) is 9.59 Å². The lowest BCUT2D eigenvalue weighted by atomic mass is 10.5. The highest BCUT2D eigenvalue weighted by molar-refractivity contribution is 6.15. The maximum atomic E-state index is 9.55. The molecule has 0 aliphatic rings. The van der Waals surface area contributed by atoms with Crippen LogP contribution in [0.2, 0.25) is 0 Å². The van der Waals surface area contributed by atoms with Crippen molar-refractivity contribution in [1.29, 1.82) is 0 Å². The van der Waals surface area contributed by atoms with E-state index in [1.165, 1.54) is 6.38 Å². The molecule has 0 saturated heterocycles. The van der Waals surface area contributed by atoms with Gasteiger partial charge in [-0.2, -0.15) is 0 Å². The standard InChI is InChI=1S/C4H4O4.CH3Cl/c5-3(6)1-2-4(7)8;1-2/h1-2H,(H,5,6)(H,7,8);1H3/b2-1-;. The van der Waals surface area contributed by atoms with Gasteiger partial charge in [-0.15, -0.1) is 11.6 Å². The summed E-state index contributed by atoms with van der Waals surface area (Å²) in [6.45, 7) is 0. The average molecular weight is 167 g/mol. The smallest absolute Gasteiger partial charge is 0.328 e. The zero-order chi connectivity index (χ0) is 8.57. The van der Waals surface area contributed by atoms with Gasteiger partial charge >= 0.3 is 11.9 Å². The van der Waals surface area contributed by atoms with Crippen molar-refractivity contribution < 1.29 is 19.8 Å². The first-order chi connectivity index (χ1) is 4.63. The molecular weight excluding hydrogens is 160 g/mol. The van der Waals surface area contributed by atoms with Gasteiger partial charge in [0.25, 0.3) is 0 Å². The van der Waals surface area contributed by atoms with Crippen molar-refractivity contribution in [3.8, 4) is 0 Å². The lowest BCUT2D eigenvalue weighted by molar-refractivity contribution is -0.134. The van der Waals surface area contributed by atoms with Gasteiger partial charge in [-0.05, 0) is 0 Å². The Morgan fingerprint density at radius 2 is 1.30 bits per heavy atom. The average Bonchev–Trinajstić information content (AvgIpc) is 1.89. The molecule has 0 amide bonds. The van der Waals surface area contributed by atoms with Crippen molar-refractivity contribution >= 4 is 23.5 Å². The molecule has 2 N–H and O–H groups in total. The Morgan fingerprint density at radius 1 is 1.10 bits per heavy atom. The van der Waals surface area contributed by atoms with Crippen LogP contribution in [0.15, 0.2) is 12.2 Å². The second-order valence-corrected chi connectivity index (χ2v) is 1.01. The first-order valence-electron chi connectivity index (χ1n) is 2.14. The normalized spacial score (nSPS) is 8.20. The van der Waals surface area contributed by atoms with E-state index in [1.807, 2.05) is 0 Å². The molecule has 0 aromatic rings. The molecule has 0 spiro atoms. The van der Waals surface area contributed by atoms with E-state index in [1.54, 1.807) is 0 Å². The molecule has 0 bridgehead atoms. The summed E-state index contributed by atoms with van der Waals surface area (Å²) in [6, 6.07) is 0. The molecule has 0 radical (unpaired) electrons. The van der Waals surface area contributed by atoms with Crippen molar-refractivity contribution in [2.45, 2.75) is 0 Å². The quantitative estimate of drug-likeness (QED) is 0.465. The van der Waals surface area contributed by atoms with Gasteiger partial charge in [-0.1, -0.05) is 0 Å². The molecule has 0 fully saturated rings. The molecule has 0 unspecified atom stereocenters. The second-order valence-electron chi connectivity index (χ2n) is 1.01. The summed E-state index contributed by atoms with van der Waals surface area (Å²) in [5, 5.41) is 15.6. The molecule has 58 valence electrons. The van der Waals surface area contributed by atoms with Crippen molar-refractivity contribution in [1.82, 2.24) is 0 Å². The number of halogens is 1. The molecule has 0 rings (SSSR count). The van der Waals surface area contributed by atoms with Crippen LogP contribution in [0.25, 0.3) is 0 Å². The zero-order valence-corrected chi connectivity index (χ0v) is 6.00. The molecule has 10 heavy (non-hydrogen) atoms. The first kappa shape index (κ1) is 11.7. The third-order valence-corrected chi connectivity index (χ3v) is 0.368. The third kappa shape index (κ3) is 15.8. The fraction of sp³-hybridized carbons (Fsp3) is 0.200. The summed E-state index contributed by atoms with van der Waals surface area (Å²) >= 11 is 4.64. The summed E-state index contributed by atoms with van der Waals surface area (Å²) in [7, 11) is 0. The van der Waals surface area contributed by atoms with Gasteiger partial charge in [-0.3, -0.25) is 0 Å². The highest BCUT2D eigenvalue weighted by atomic mass is 35.5. The molecule has 0 saturated carbocycles. The van der Waals surface area contributed by atoms with E-state index < -0.39 is 11.9 Å². The van der Waals surface area contributed by atoms with E-state index in [0.717, 1.165) is 0 Å². The van der Waals surface area contributed by atoms with Crippen LogP contribution in [0.4, 0.5) is 0 Å². The lowest BCUT2D eigenvalue weighted by Gasteiger charge is -1.74. The maximum absolute atomic E-state index is 9.55. The minimum atomic E-state index is -1.26. The van der Waals surface area contributed by atoms with Crippen molar-refractivity contribution in [3.63, 3.8) is 0 Å². The van der Waals surface area contributed by atoms with Crippen LogP contribution in [0.3, 0.4) is 0 Å². The molecule has 0 aromatic carbocycles. The Kier molecular flexibility index (Phi) is 9.35. The fourth-order valence-corrected chi connectivity index (χ4v) is 0.143. The Morgan fingerprint density at radius 3 is 1.40 bits per heavy atom. The van der Waals surface area contributed by atoms with Gasteiger partial charge in [0.1, 0.15) is 0 Å². The van der Waals surface area contributed by atoms with E-state index in [2.05, 4.69) is 11.6 Å². The van der Waals surface area contributed by atoms with Gasteiger partial charge in [0.2, 0.25) is 0 Å². The molecular formula is C5H7ClO4. The van der Waals surface area contributed by atoms with Gasteiger partial charge in [0.15, 0.2) is 0 Å². The first-order valence-corrected chi connectivity index (χ1v) is 2.90. The number of carboxylic acid groups (broad SMARTS) is 2. The molecule has 0 aromatic heterocycles. The number of carbonyl (C=O) groups is 2. The SMILES string of the molecule is CCl.O=C(O)/C=C\C(=O)O. The van der Waals surface area contributed by atoms with Crippen LogP contribution in [0.5, 0.6) is 0 Å². The molecule has 4 nitrogen and oxygen atoms in total. The van der Waals surface area contributed by atoms with Crippen LogP contribution < -0.4 is 0 Å². The lowest BCUT2D eigenvalue weighted by Crippen LogP contribution is -1.91. The van der Waals surface area contributed by atoms with Crippen LogP contribution in [-0.4, -0.2) is 28.5 Å². The highest BCUT2D eigenvalue weighted by Gasteiger charge is 1.88. The van der Waals surface area contributed by atoms with Gasteiger partial charge in [-0.25, -0.2) is 9.59 Å². The molecule has 5 heteroatoms. The van der Waals surface area contributed by atoms with Crippen molar-refractivity contribution in [2.24, 2.45) is 0 Å². The van der Waals surface area contributed by atoms with E-state index in [4.69, 9.17) is 10.2 Å². The summed E-state index contributed by atoms with van der Waals surface area (Å²) in [4.78, 5) is 19.1. The van der Waals surface area contributed by atoms with E-state index in [0.29, 0.717) is 12.2 Å². The van der Waals surface area contributed by atoms with Crippen LogP contribution >= 0.6 is 11.6 Å². The predicted molar refractivity (Wildman–Crippen MR) is 36.2 cm³/mol. The predicted octanol–water partition coefficient (Wildman–Crippen LogP) is 0.567. The maximum Gasteiger partial charge on any atom is 0.328 e. The van der Waals surface area contributed by atoms with Gasteiger partial charge in [0, 0.05) is 18.5 Å². The molecule has 0 atom stereocenters. The van der Waals surface area contributed by atoms with Gasteiger partial charge < -0.3 is 10.2 Å². The zero-order valence-electron chi connectivity index (χ0n) is 5.24. The Bertz CT molecular complexity index is 125. The number of alkyl halides is 1. The second kappa shape index (κ2) is 7.97. The van der Waals surface area contributed by atoms with E-state index in [-0.39, 0.29) is 0 Å². The Hall–Kier alpha value is -1.03. The van der Waals surface area contributed by atoms with E-state index >= 15 is 0 Å². The largest absolute Gasteiger partial charge is 0.478 e. The third-order valence-electron chi connectivity index (χ3n) is 0.368. The summed E-state index contributed by atoms with van der Waals surface area (Å²) < 4.78 is 0. The summed E-state index contributed by atoms with van der Waals surface area (Å²) in [5.41, 5.74) is 0. The number of hydrogen-bond donors (Lipinski definition) is 2. The molecule has 0 aliphatic heterocycles. The van der Waals surface area contributed by atoms with E-state index in [9.17, 15) is 9.59 Å². The minimum Gasteiger partial charge on any atom is -0.478 e. The monoisotopic (exact) mass is 166 g/mol. The van der Waals surface area contributed by atoms with Crippen LogP contribution in [0.1, 0.15) is 0 Å². The Labute approximate surface area is 62.7 Å². The number of carboxylic acids is 2. The van der Waals surface area contributed by atoms with Crippen molar-refractivity contribution in [2.75, 3.05) is 6.38 Å². The number of rotatable bonds is 2. The Balaban J connectivity index is 0. The van der Waals surface area contributed by atoms with Gasteiger partial charge in [0.05, 0.1) is 0 Å². The highest BCUT2D eigenvalue weighted by Crippen LogP contribution is 1.70. The fourth-order valence-electron chi connectivity index (χ4n) is 0.143. The summed E-state index contributed by atoms with van der Waals surface area (Å²) in [5.74, 6) is -2.51. The van der Waals surface area contributed by atoms with Crippen LogP contribution in [0, 0.1) is 0 Å². The number of aliphatic carboxylic acids is 2. The topological polar surface area (TPSA) is 74.6 Å². The van der Waals surface area contributed by atoms with Crippen molar-refractivity contribution in [3.05, 3.63) is 12.2 Å². The molecule has 0 aliphatic carbocycles. The molecule has 0 heterocycles. The number of hydrogen-bond acceptors (Lipinski definition) is 2. The summed E-state index contributed by atoms with van der Waals surface area (Å²) in [6.07, 6.45) is 2.59. The minimum absolute atomic E-state index is 0.558.